The van der Waals surface area contributed by atoms with Crippen LogP contribution in [0.1, 0.15) is 6.92 Å². The molecule has 0 fully saturated rings. The van der Waals surface area contributed by atoms with Crippen LogP contribution in [0.25, 0.3) is 0 Å². The van der Waals surface area contributed by atoms with Gasteiger partial charge in [0.25, 0.3) is 0 Å². The first-order chi connectivity index (χ1) is 6.59. The Morgan fingerprint density at radius 3 is 3.00 bits per heavy atom. The molecule has 0 amide bonds. The zero-order valence-electron chi connectivity index (χ0n) is 8.03. The van der Waals surface area contributed by atoms with E-state index < -0.39 is 10.8 Å². The third-order valence-electron chi connectivity index (χ3n) is 1.54. The van der Waals surface area contributed by atoms with E-state index in [1.54, 1.807) is 12.5 Å². The number of rotatable bonds is 4. The number of aromatic nitrogens is 2. The van der Waals surface area contributed by atoms with Gasteiger partial charge in [-0.3, -0.25) is 4.21 Å². The maximum absolute atomic E-state index is 11.0. The second kappa shape index (κ2) is 5.41. The zero-order valence-corrected chi connectivity index (χ0v) is 10.4. The SMILES string of the molecule is CC(CS(C)=O)Nc1ncncc1Br. The first-order valence-corrected chi connectivity index (χ1v) is 6.63. The van der Waals surface area contributed by atoms with Crippen LogP contribution in [0.2, 0.25) is 0 Å². The van der Waals surface area contributed by atoms with E-state index in [0.29, 0.717) is 5.75 Å². The summed E-state index contributed by atoms with van der Waals surface area (Å²) in [5.41, 5.74) is 0. The topological polar surface area (TPSA) is 54.9 Å². The monoisotopic (exact) mass is 277 g/mol. The number of nitrogens with one attached hydrogen (secondary N) is 1. The van der Waals surface area contributed by atoms with Gasteiger partial charge in [0.2, 0.25) is 0 Å². The standard InChI is InChI=1S/C8H12BrN3OS/c1-6(4-14(2)13)12-8-7(9)3-10-5-11-8/h3,5-6H,4H2,1-2H3,(H,10,11,12). The Balaban J connectivity index is 2.60. The van der Waals surface area contributed by atoms with Crippen molar-refractivity contribution in [3.63, 3.8) is 0 Å². The second-order valence-corrected chi connectivity index (χ2v) is 5.34. The van der Waals surface area contributed by atoms with Crippen LogP contribution in [0, 0.1) is 0 Å². The summed E-state index contributed by atoms with van der Waals surface area (Å²) in [7, 11) is -0.797. The molecule has 0 spiro atoms. The maximum Gasteiger partial charge on any atom is 0.143 e. The minimum atomic E-state index is -0.797. The largest absolute Gasteiger partial charge is 0.366 e. The lowest BCUT2D eigenvalue weighted by Gasteiger charge is -2.13. The van der Waals surface area contributed by atoms with Crippen LogP contribution >= 0.6 is 15.9 Å². The van der Waals surface area contributed by atoms with Crippen molar-refractivity contribution in [1.29, 1.82) is 0 Å². The Kier molecular flexibility index (Phi) is 4.47. The highest BCUT2D eigenvalue weighted by molar-refractivity contribution is 9.10. The van der Waals surface area contributed by atoms with E-state index in [1.165, 1.54) is 6.33 Å². The zero-order chi connectivity index (χ0) is 10.6. The third-order valence-corrected chi connectivity index (χ3v) is 3.09. The van der Waals surface area contributed by atoms with Gasteiger partial charge in [-0.05, 0) is 22.9 Å². The highest BCUT2D eigenvalue weighted by atomic mass is 79.9. The van der Waals surface area contributed by atoms with E-state index in [-0.39, 0.29) is 6.04 Å². The van der Waals surface area contributed by atoms with E-state index in [0.717, 1.165) is 10.3 Å². The molecule has 6 heteroatoms. The summed E-state index contributed by atoms with van der Waals surface area (Å²) < 4.78 is 11.8. The van der Waals surface area contributed by atoms with Crippen LogP contribution < -0.4 is 5.32 Å². The van der Waals surface area contributed by atoms with Crippen molar-refractivity contribution in [2.24, 2.45) is 0 Å². The van der Waals surface area contributed by atoms with Crippen LogP contribution in [-0.2, 0) is 10.8 Å². The highest BCUT2D eigenvalue weighted by Gasteiger charge is 2.07. The molecule has 14 heavy (non-hydrogen) atoms. The summed E-state index contributed by atoms with van der Waals surface area (Å²) in [6.07, 6.45) is 4.83. The highest BCUT2D eigenvalue weighted by Crippen LogP contribution is 2.17. The van der Waals surface area contributed by atoms with Crippen LogP contribution in [0.3, 0.4) is 0 Å². The molecule has 1 aromatic rings. The van der Waals surface area contributed by atoms with Gasteiger partial charge in [-0.25, -0.2) is 9.97 Å². The van der Waals surface area contributed by atoms with Gasteiger partial charge in [0.05, 0.1) is 4.47 Å². The van der Waals surface area contributed by atoms with Gasteiger partial charge in [0.1, 0.15) is 12.1 Å². The van der Waals surface area contributed by atoms with Crippen LogP contribution in [0.15, 0.2) is 17.0 Å². The molecule has 4 nitrogen and oxygen atoms in total. The van der Waals surface area contributed by atoms with Gasteiger partial charge in [-0.2, -0.15) is 0 Å². The smallest absolute Gasteiger partial charge is 0.143 e. The lowest BCUT2D eigenvalue weighted by Crippen LogP contribution is -2.23. The van der Waals surface area contributed by atoms with Crippen molar-refractivity contribution in [3.05, 3.63) is 17.0 Å². The molecule has 0 aliphatic carbocycles. The van der Waals surface area contributed by atoms with Crippen LogP contribution in [0.4, 0.5) is 5.82 Å². The lowest BCUT2D eigenvalue weighted by atomic mass is 10.4. The molecule has 0 aliphatic rings. The molecule has 0 bridgehead atoms. The number of hydrogen-bond acceptors (Lipinski definition) is 4. The van der Waals surface area contributed by atoms with Gasteiger partial charge in [0, 0.05) is 35.0 Å². The molecular weight excluding hydrogens is 266 g/mol. The quantitative estimate of drug-likeness (QED) is 0.905. The minimum absolute atomic E-state index is 0.132. The number of anilines is 1. The number of nitrogens with zero attached hydrogens (tertiary/aromatic N) is 2. The number of hydrogen-bond donors (Lipinski definition) is 1. The predicted octanol–water partition coefficient (Wildman–Crippen LogP) is 1.42. The lowest BCUT2D eigenvalue weighted by molar-refractivity contribution is 0.683. The fourth-order valence-electron chi connectivity index (χ4n) is 1.05. The van der Waals surface area contributed by atoms with E-state index in [1.807, 2.05) is 6.92 Å². The fourth-order valence-corrected chi connectivity index (χ4v) is 2.17. The van der Waals surface area contributed by atoms with Crippen molar-refractivity contribution in [1.82, 2.24) is 9.97 Å². The van der Waals surface area contributed by atoms with E-state index in [4.69, 9.17) is 0 Å². The van der Waals surface area contributed by atoms with Crippen molar-refractivity contribution >= 4 is 32.5 Å². The van der Waals surface area contributed by atoms with E-state index >= 15 is 0 Å². The summed E-state index contributed by atoms with van der Waals surface area (Å²) in [5.74, 6) is 1.34. The van der Waals surface area contributed by atoms with E-state index in [2.05, 4.69) is 31.2 Å². The summed E-state index contributed by atoms with van der Waals surface area (Å²) in [4.78, 5) is 7.91. The molecule has 2 unspecified atom stereocenters. The molecule has 1 aromatic heterocycles. The molecule has 0 aromatic carbocycles. The summed E-state index contributed by atoms with van der Waals surface area (Å²) in [5, 5.41) is 3.15. The van der Waals surface area contributed by atoms with E-state index in [9.17, 15) is 4.21 Å². The van der Waals surface area contributed by atoms with Gasteiger partial charge < -0.3 is 5.32 Å². The second-order valence-electron chi connectivity index (χ2n) is 3.00. The molecule has 0 aliphatic heterocycles. The molecule has 1 heterocycles. The molecule has 0 saturated carbocycles. The van der Waals surface area contributed by atoms with Crippen molar-refractivity contribution in [3.8, 4) is 0 Å². The third kappa shape index (κ3) is 3.71. The van der Waals surface area contributed by atoms with Crippen LogP contribution in [-0.4, -0.2) is 32.2 Å². The van der Waals surface area contributed by atoms with Gasteiger partial charge in [-0.1, -0.05) is 0 Å². The fraction of sp³-hybridized carbons (Fsp3) is 0.500. The Hall–Kier alpha value is -0.490. The van der Waals surface area contributed by atoms with Crippen molar-refractivity contribution in [2.75, 3.05) is 17.3 Å². The minimum Gasteiger partial charge on any atom is -0.366 e. The summed E-state index contributed by atoms with van der Waals surface area (Å²) >= 11 is 3.33. The summed E-state index contributed by atoms with van der Waals surface area (Å²) in [6, 6.07) is 0.132. The summed E-state index contributed by atoms with van der Waals surface area (Å²) in [6.45, 7) is 1.97. The molecular formula is C8H12BrN3OS. The molecule has 1 N–H and O–H groups in total. The van der Waals surface area contributed by atoms with Gasteiger partial charge in [-0.15, -0.1) is 0 Å². The van der Waals surface area contributed by atoms with Crippen molar-refractivity contribution in [2.45, 2.75) is 13.0 Å². The molecule has 78 valence electrons. The Labute approximate surface area is 94.1 Å². The predicted molar refractivity (Wildman–Crippen MR) is 61.8 cm³/mol. The number of halogens is 1. The Morgan fingerprint density at radius 1 is 1.71 bits per heavy atom. The molecule has 2 atom stereocenters. The maximum atomic E-state index is 11.0. The van der Waals surface area contributed by atoms with Gasteiger partial charge in [0.15, 0.2) is 0 Å². The van der Waals surface area contributed by atoms with Gasteiger partial charge >= 0.3 is 0 Å². The van der Waals surface area contributed by atoms with Crippen LogP contribution in [0.5, 0.6) is 0 Å². The first kappa shape index (κ1) is 11.6. The normalized spacial score (nSPS) is 14.8. The molecule has 1 rings (SSSR count). The average molecular weight is 278 g/mol. The Bertz CT molecular complexity index is 334. The molecule has 0 saturated heterocycles. The Morgan fingerprint density at radius 2 is 2.43 bits per heavy atom. The molecule has 0 radical (unpaired) electrons. The van der Waals surface area contributed by atoms with Crippen molar-refractivity contribution < 1.29 is 4.21 Å². The average Bonchev–Trinajstić information content (AvgIpc) is 2.07. The first-order valence-electron chi connectivity index (χ1n) is 4.11.